The molecule has 0 spiro atoms. The number of aliphatic hydroxyl groups is 1. The largest absolute Gasteiger partial charge is 0.392 e. The van der Waals surface area contributed by atoms with Crippen molar-refractivity contribution in [2.24, 2.45) is 0 Å². The fraction of sp³-hybridized carbons (Fsp3) is 0.417. The van der Waals surface area contributed by atoms with Crippen molar-refractivity contribution in [2.45, 2.75) is 31.0 Å². The Kier molecular flexibility index (Phi) is 4.67. The van der Waals surface area contributed by atoms with Gasteiger partial charge in [0, 0.05) is 11.0 Å². The molecular formula is C12H15NOS. The molecule has 1 aromatic rings. The molecule has 0 saturated carbocycles. The second kappa shape index (κ2) is 5.79. The van der Waals surface area contributed by atoms with E-state index in [1.165, 1.54) is 0 Å². The van der Waals surface area contributed by atoms with Crippen LogP contribution in [0.4, 0.5) is 0 Å². The van der Waals surface area contributed by atoms with E-state index in [0.29, 0.717) is 0 Å². The fourth-order valence-corrected chi connectivity index (χ4v) is 2.09. The van der Waals surface area contributed by atoms with E-state index >= 15 is 0 Å². The van der Waals surface area contributed by atoms with Crippen LogP contribution in [0.25, 0.3) is 0 Å². The predicted molar refractivity (Wildman–Crippen MR) is 63.6 cm³/mol. The first-order valence-electron chi connectivity index (χ1n) is 4.93. The zero-order valence-electron chi connectivity index (χ0n) is 8.97. The monoisotopic (exact) mass is 221 g/mol. The lowest BCUT2D eigenvalue weighted by molar-refractivity contribution is 0.196. The molecule has 0 aliphatic rings. The van der Waals surface area contributed by atoms with Crippen LogP contribution in [0.2, 0.25) is 0 Å². The number of nitriles is 1. The highest BCUT2D eigenvalue weighted by Gasteiger charge is 2.10. The number of nitrogens with zero attached hydrogens (tertiary/aromatic N) is 1. The van der Waals surface area contributed by atoms with Gasteiger partial charge in [0.1, 0.15) is 0 Å². The van der Waals surface area contributed by atoms with Gasteiger partial charge in [0.2, 0.25) is 0 Å². The Bertz CT molecular complexity index is 357. The first-order valence-corrected chi connectivity index (χ1v) is 5.97. The number of benzene rings is 1. The summed E-state index contributed by atoms with van der Waals surface area (Å²) < 4.78 is 0. The van der Waals surface area contributed by atoms with E-state index in [2.05, 4.69) is 6.07 Å². The molecule has 1 rings (SSSR count). The number of aliphatic hydroxyl groups excluding tert-OH is 1. The van der Waals surface area contributed by atoms with Crippen LogP contribution in [-0.4, -0.2) is 16.5 Å². The Morgan fingerprint density at radius 1 is 1.40 bits per heavy atom. The van der Waals surface area contributed by atoms with Crippen molar-refractivity contribution in [2.75, 3.05) is 0 Å². The van der Waals surface area contributed by atoms with Gasteiger partial charge in [0.15, 0.2) is 0 Å². The summed E-state index contributed by atoms with van der Waals surface area (Å²) in [7, 11) is 0. The summed E-state index contributed by atoms with van der Waals surface area (Å²) in [6.07, 6.45) is -0.316. The van der Waals surface area contributed by atoms with Crippen LogP contribution in [-0.2, 0) is 5.75 Å². The van der Waals surface area contributed by atoms with Gasteiger partial charge in [-0.3, -0.25) is 0 Å². The van der Waals surface area contributed by atoms with Crippen molar-refractivity contribution < 1.29 is 5.11 Å². The van der Waals surface area contributed by atoms with E-state index in [4.69, 9.17) is 5.26 Å². The molecule has 0 bridgehead atoms. The summed E-state index contributed by atoms with van der Waals surface area (Å²) in [5.74, 6) is 0.774. The third-order valence-corrected chi connectivity index (χ3v) is 3.72. The van der Waals surface area contributed by atoms with Crippen LogP contribution >= 0.6 is 11.8 Å². The summed E-state index contributed by atoms with van der Waals surface area (Å²) in [6, 6.07) is 9.75. The maximum Gasteiger partial charge on any atom is 0.0994 e. The van der Waals surface area contributed by atoms with E-state index < -0.39 is 0 Å². The van der Waals surface area contributed by atoms with Crippen LogP contribution in [0.15, 0.2) is 24.3 Å². The van der Waals surface area contributed by atoms with Crippen LogP contribution < -0.4 is 0 Å². The van der Waals surface area contributed by atoms with Crippen LogP contribution in [0.5, 0.6) is 0 Å². The minimum Gasteiger partial charge on any atom is -0.392 e. The average Bonchev–Trinajstić information content (AvgIpc) is 2.26. The van der Waals surface area contributed by atoms with Gasteiger partial charge < -0.3 is 5.11 Å². The molecule has 0 aliphatic heterocycles. The zero-order chi connectivity index (χ0) is 11.3. The molecule has 80 valence electrons. The molecule has 1 N–H and O–H groups in total. The van der Waals surface area contributed by atoms with Crippen LogP contribution in [0.3, 0.4) is 0 Å². The first kappa shape index (κ1) is 12.1. The Hall–Kier alpha value is -0.980. The molecule has 0 unspecified atom stereocenters. The van der Waals surface area contributed by atoms with Crippen LogP contribution in [0, 0.1) is 11.3 Å². The Morgan fingerprint density at radius 3 is 2.67 bits per heavy atom. The SMILES string of the molecule is C[C@H](SCc1ccccc1C#N)[C@@H](C)O. The highest BCUT2D eigenvalue weighted by Crippen LogP contribution is 2.21. The van der Waals surface area contributed by atoms with E-state index in [-0.39, 0.29) is 11.4 Å². The molecule has 2 nitrogen and oxygen atoms in total. The molecule has 0 aromatic heterocycles. The number of hydrogen-bond acceptors (Lipinski definition) is 3. The van der Waals surface area contributed by atoms with Crippen molar-refractivity contribution in [1.82, 2.24) is 0 Å². The topological polar surface area (TPSA) is 44.0 Å². The van der Waals surface area contributed by atoms with Gasteiger partial charge in [0.05, 0.1) is 17.7 Å². The molecule has 0 radical (unpaired) electrons. The third-order valence-electron chi connectivity index (χ3n) is 2.32. The zero-order valence-corrected chi connectivity index (χ0v) is 9.79. The Labute approximate surface area is 94.9 Å². The molecule has 1 aromatic carbocycles. The van der Waals surface area contributed by atoms with Gasteiger partial charge in [-0.1, -0.05) is 25.1 Å². The molecule has 15 heavy (non-hydrogen) atoms. The van der Waals surface area contributed by atoms with Crippen molar-refractivity contribution in [3.8, 4) is 6.07 Å². The summed E-state index contributed by atoms with van der Waals surface area (Å²) in [6.45, 7) is 3.78. The van der Waals surface area contributed by atoms with E-state index in [9.17, 15) is 5.11 Å². The Morgan fingerprint density at radius 2 is 2.07 bits per heavy atom. The quantitative estimate of drug-likeness (QED) is 0.849. The molecular weight excluding hydrogens is 206 g/mol. The molecule has 3 heteroatoms. The summed E-state index contributed by atoms with van der Waals surface area (Å²) in [4.78, 5) is 0. The highest BCUT2D eigenvalue weighted by atomic mass is 32.2. The van der Waals surface area contributed by atoms with E-state index in [0.717, 1.165) is 16.9 Å². The lowest BCUT2D eigenvalue weighted by Gasteiger charge is -2.14. The normalized spacial score (nSPS) is 14.3. The molecule has 2 atom stereocenters. The van der Waals surface area contributed by atoms with Crippen molar-refractivity contribution >= 4 is 11.8 Å². The smallest absolute Gasteiger partial charge is 0.0994 e. The summed E-state index contributed by atoms with van der Waals surface area (Å²) in [5.41, 5.74) is 1.76. The van der Waals surface area contributed by atoms with Gasteiger partial charge in [-0.15, -0.1) is 0 Å². The lowest BCUT2D eigenvalue weighted by atomic mass is 10.1. The predicted octanol–water partition coefficient (Wildman–Crippen LogP) is 2.56. The van der Waals surface area contributed by atoms with Gasteiger partial charge in [-0.2, -0.15) is 17.0 Å². The van der Waals surface area contributed by atoms with Gasteiger partial charge in [-0.25, -0.2) is 0 Å². The standard InChI is InChI=1S/C12H15NOS/c1-9(14)10(2)15-8-12-6-4-3-5-11(12)7-13/h3-6,9-10,14H,8H2,1-2H3/t9-,10+/m1/s1. The lowest BCUT2D eigenvalue weighted by Crippen LogP contribution is -2.15. The molecule has 0 aliphatic carbocycles. The van der Waals surface area contributed by atoms with Crippen molar-refractivity contribution in [3.63, 3.8) is 0 Å². The molecule has 0 heterocycles. The maximum atomic E-state index is 9.34. The molecule has 0 fully saturated rings. The van der Waals surface area contributed by atoms with Crippen molar-refractivity contribution in [3.05, 3.63) is 35.4 Å². The average molecular weight is 221 g/mol. The number of hydrogen-bond donors (Lipinski definition) is 1. The van der Waals surface area contributed by atoms with E-state index in [1.54, 1.807) is 18.7 Å². The van der Waals surface area contributed by atoms with Crippen LogP contribution in [0.1, 0.15) is 25.0 Å². The van der Waals surface area contributed by atoms with Gasteiger partial charge >= 0.3 is 0 Å². The fourth-order valence-electron chi connectivity index (χ4n) is 1.12. The summed E-state index contributed by atoms with van der Waals surface area (Å²) >= 11 is 1.67. The Balaban J connectivity index is 2.62. The second-order valence-electron chi connectivity index (χ2n) is 3.53. The first-order chi connectivity index (χ1) is 7.15. The van der Waals surface area contributed by atoms with E-state index in [1.807, 2.05) is 31.2 Å². The third kappa shape index (κ3) is 3.58. The minimum atomic E-state index is -0.316. The summed E-state index contributed by atoms with van der Waals surface area (Å²) in [5, 5.41) is 18.4. The molecule has 0 amide bonds. The number of thioether (sulfide) groups is 1. The number of rotatable bonds is 4. The molecule has 0 saturated heterocycles. The highest BCUT2D eigenvalue weighted by molar-refractivity contribution is 7.99. The minimum absolute atomic E-state index is 0.191. The second-order valence-corrected chi connectivity index (χ2v) is 4.89. The van der Waals surface area contributed by atoms with Crippen molar-refractivity contribution in [1.29, 1.82) is 5.26 Å². The van der Waals surface area contributed by atoms with Gasteiger partial charge in [0.25, 0.3) is 0 Å². The maximum absolute atomic E-state index is 9.34. The van der Waals surface area contributed by atoms with Gasteiger partial charge in [-0.05, 0) is 18.6 Å².